The van der Waals surface area contributed by atoms with Crippen molar-refractivity contribution in [3.05, 3.63) is 23.8 Å². The van der Waals surface area contributed by atoms with Crippen LogP contribution in [0.1, 0.15) is 38.7 Å². The molecule has 0 saturated carbocycles. The Kier molecular flexibility index (Phi) is 9.03. The van der Waals surface area contributed by atoms with Gasteiger partial charge in [-0.1, -0.05) is 19.9 Å². The number of rotatable bonds is 8. The van der Waals surface area contributed by atoms with Crippen molar-refractivity contribution in [3.8, 4) is 0 Å². The summed E-state index contributed by atoms with van der Waals surface area (Å²) in [7, 11) is -3.54. The molecule has 1 aromatic carbocycles. The maximum atomic E-state index is 12.8. The summed E-state index contributed by atoms with van der Waals surface area (Å²) in [6.07, 6.45) is 2.43. The topological polar surface area (TPSA) is 78.5 Å². The van der Waals surface area contributed by atoms with Crippen LogP contribution in [0.4, 0.5) is 5.69 Å². The van der Waals surface area contributed by atoms with E-state index in [1.165, 1.54) is 4.31 Å². The van der Waals surface area contributed by atoms with Crippen molar-refractivity contribution in [1.82, 2.24) is 9.62 Å². The van der Waals surface area contributed by atoms with Crippen LogP contribution in [0.2, 0.25) is 0 Å². The molecule has 1 unspecified atom stereocenters. The third kappa shape index (κ3) is 5.67. The van der Waals surface area contributed by atoms with Crippen LogP contribution in [-0.4, -0.2) is 44.8 Å². The lowest BCUT2D eigenvalue weighted by molar-refractivity contribution is -0.116. The molecule has 1 saturated heterocycles. The zero-order valence-corrected chi connectivity index (χ0v) is 17.4. The Morgan fingerprint density at radius 3 is 2.58 bits per heavy atom. The van der Waals surface area contributed by atoms with Gasteiger partial charge in [0.15, 0.2) is 0 Å². The predicted molar refractivity (Wildman–Crippen MR) is 107 cm³/mol. The maximum Gasteiger partial charge on any atom is 0.243 e. The second-order valence-corrected chi connectivity index (χ2v) is 8.42. The molecular formula is C18H30ClN3O3S. The van der Waals surface area contributed by atoms with Crippen LogP contribution in [0, 0.1) is 12.8 Å². The fourth-order valence-electron chi connectivity index (χ4n) is 3.18. The maximum absolute atomic E-state index is 12.8. The molecular weight excluding hydrogens is 374 g/mol. The molecule has 148 valence electrons. The van der Waals surface area contributed by atoms with Crippen molar-refractivity contribution >= 4 is 34.0 Å². The molecule has 1 aliphatic rings. The first-order valence-corrected chi connectivity index (χ1v) is 10.4. The number of halogens is 1. The first-order chi connectivity index (χ1) is 11.9. The molecule has 1 heterocycles. The van der Waals surface area contributed by atoms with Crippen LogP contribution in [0.25, 0.3) is 0 Å². The molecule has 6 nitrogen and oxygen atoms in total. The summed E-state index contributed by atoms with van der Waals surface area (Å²) >= 11 is 0. The molecule has 8 heteroatoms. The molecule has 2 rings (SSSR count). The lowest BCUT2D eigenvalue weighted by Crippen LogP contribution is -2.31. The quantitative estimate of drug-likeness (QED) is 0.699. The zero-order valence-electron chi connectivity index (χ0n) is 15.7. The van der Waals surface area contributed by atoms with Gasteiger partial charge in [0, 0.05) is 25.2 Å². The Morgan fingerprint density at radius 2 is 2.00 bits per heavy atom. The standard InChI is InChI=1S/C18H29N3O3S.ClH/c1-4-21(5-2)25(23,24)17-12-16(8-6-14(17)3)20-18(22)9-7-15-10-11-19-13-15;/h6,8,12,15,19H,4-5,7,9-11,13H2,1-3H3,(H,20,22);1H. The smallest absolute Gasteiger partial charge is 0.243 e. The highest BCUT2D eigenvalue weighted by atomic mass is 35.5. The summed E-state index contributed by atoms with van der Waals surface area (Å²) in [5.74, 6) is 0.490. The molecule has 0 aliphatic carbocycles. The lowest BCUT2D eigenvalue weighted by atomic mass is 10.0. The normalized spacial score (nSPS) is 17.2. The van der Waals surface area contributed by atoms with E-state index in [1.54, 1.807) is 25.1 Å². The molecule has 1 atom stereocenters. The number of nitrogens with zero attached hydrogens (tertiary/aromatic N) is 1. The lowest BCUT2D eigenvalue weighted by Gasteiger charge is -2.20. The van der Waals surface area contributed by atoms with Gasteiger partial charge in [-0.15, -0.1) is 12.4 Å². The summed E-state index contributed by atoms with van der Waals surface area (Å²) in [6.45, 7) is 8.25. The minimum atomic E-state index is -3.54. The van der Waals surface area contributed by atoms with Gasteiger partial charge >= 0.3 is 0 Å². The number of aryl methyl sites for hydroxylation is 1. The molecule has 0 bridgehead atoms. The van der Waals surface area contributed by atoms with E-state index in [4.69, 9.17) is 0 Å². The van der Waals surface area contributed by atoms with Crippen LogP contribution < -0.4 is 10.6 Å². The van der Waals surface area contributed by atoms with Gasteiger partial charge in [0.1, 0.15) is 0 Å². The number of amides is 1. The second kappa shape index (κ2) is 10.3. The highest BCUT2D eigenvalue weighted by Crippen LogP contribution is 2.24. The molecule has 2 N–H and O–H groups in total. The van der Waals surface area contributed by atoms with Crippen LogP contribution in [-0.2, 0) is 14.8 Å². The van der Waals surface area contributed by atoms with Crippen molar-refractivity contribution in [2.24, 2.45) is 5.92 Å². The van der Waals surface area contributed by atoms with Gasteiger partial charge in [-0.05, 0) is 56.5 Å². The first-order valence-electron chi connectivity index (χ1n) is 8.99. The Hall–Kier alpha value is -1.15. The Morgan fingerprint density at radius 1 is 1.31 bits per heavy atom. The van der Waals surface area contributed by atoms with Gasteiger partial charge in [-0.2, -0.15) is 4.31 Å². The molecule has 1 aliphatic heterocycles. The number of benzene rings is 1. The van der Waals surface area contributed by atoms with E-state index in [9.17, 15) is 13.2 Å². The third-order valence-corrected chi connectivity index (χ3v) is 6.93. The minimum absolute atomic E-state index is 0. The van der Waals surface area contributed by atoms with Crippen molar-refractivity contribution < 1.29 is 13.2 Å². The summed E-state index contributed by atoms with van der Waals surface area (Å²) in [4.78, 5) is 12.4. The van der Waals surface area contributed by atoms with Crippen molar-refractivity contribution in [1.29, 1.82) is 0 Å². The molecule has 0 radical (unpaired) electrons. The highest BCUT2D eigenvalue weighted by molar-refractivity contribution is 7.89. The van der Waals surface area contributed by atoms with Crippen molar-refractivity contribution in [2.45, 2.75) is 44.9 Å². The van der Waals surface area contributed by atoms with Crippen molar-refractivity contribution in [2.75, 3.05) is 31.5 Å². The number of anilines is 1. The number of carbonyl (C=O) groups is 1. The molecule has 0 aromatic heterocycles. The number of nitrogens with one attached hydrogen (secondary N) is 2. The minimum Gasteiger partial charge on any atom is -0.326 e. The highest BCUT2D eigenvalue weighted by Gasteiger charge is 2.24. The van der Waals surface area contributed by atoms with Gasteiger partial charge in [0.2, 0.25) is 15.9 Å². The molecule has 1 aromatic rings. The number of hydrogen-bond donors (Lipinski definition) is 2. The van der Waals surface area contributed by atoms with Gasteiger partial charge in [0.05, 0.1) is 4.90 Å². The SMILES string of the molecule is CCN(CC)S(=O)(=O)c1cc(NC(=O)CCC2CCNC2)ccc1C.Cl. The summed E-state index contributed by atoms with van der Waals surface area (Å²) in [5, 5.41) is 6.13. The van der Waals surface area contributed by atoms with Gasteiger partial charge in [-0.3, -0.25) is 4.79 Å². The average molecular weight is 404 g/mol. The van der Waals surface area contributed by atoms with E-state index in [1.807, 2.05) is 13.8 Å². The average Bonchev–Trinajstić information content (AvgIpc) is 3.09. The van der Waals surface area contributed by atoms with Crippen LogP contribution >= 0.6 is 12.4 Å². The van der Waals surface area contributed by atoms with Crippen LogP contribution in [0.5, 0.6) is 0 Å². The van der Waals surface area contributed by atoms with Crippen molar-refractivity contribution in [3.63, 3.8) is 0 Å². The third-order valence-electron chi connectivity index (χ3n) is 4.74. The Bertz CT molecular complexity index is 700. The zero-order chi connectivity index (χ0) is 18.4. The van der Waals surface area contributed by atoms with E-state index in [0.717, 1.165) is 25.9 Å². The molecule has 1 fully saturated rings. The molecule has 26 heavy (non-hydrogen) atoms. The summed E-state index contributed by atoms with van der Waals surface area (Å²) in [5.41, 5.74) is 1.22. The van der Waals surface area contributed by atoms with Gasteiger partial charge in [0.25, 0.3) is 0 Å². The molecule has 0 spiro atoms. The fourth-order valence-corrected chi connectivity index (χ4v) is 4.89. The van der Waals surface area contributed by atoms with Gasteiger partial charge < -0.3 is 10.6 Å². The first kappa shape index (κ1) is 22.9. The summed E-state index contributed by atoms with van der Waals surface area (Å²) in [6, 6.07) is 5.07. The number of sulfonamides is 1. The Labute approximate surface area is 163 Å². The van der Waals surface area contributed by atoms with Crippen LogP contribution in [0.3, 0.4) is 0 Å². The largest absolute Gasteiger partial charge is 0.326 e. The van der Waals surface area contributed by atoms with Crippen LogP contribution in [0.15, 0.2) is 23.1 Å². The van der Waals surface area contributed by atoms with E-state index in [-0.39, 0.29) is 23.2 Å². The summed E-state index contributed by atoms with van der Waals surface area (Å²) < 4.78 is 26.9. The predicted octanol–water partition coefficient (Wildman–Crippen LogP) is 2.78. The number of carbonyl (C=O) groups excluding carboxylic acids is 1. The van der Waals surface area contributed by atoms with E-state index in [0.29, 0.717) is 36.7 Å². The second-order valence-electron chi connectivity index (χ2n) is 6.52. The molecule has 1 amide bonds. The van der Waals surface area contributed by atoms with E-state index in [2.05, 4.69) is 10.6 Å². The monoisotopic (exact) mass is 403 g/mol. The Balaban J connectivity index is 0.00000338. The van der Waals surface area contributed by atoms with Gasteiger partial charge in [-0.25, -0.2) is 8.42 Å². The number of hydrogen-bond acceptors (Lipinski definition) is 4. The fraction of sp³-hybridized carbons (Fsp3) is 0.611. The van der Waals surface area contributed by atoms with E-state index >= 15 is 0 Å². The van der Waals surface area contributed by atoms with E-state index < -0.39 is 10.0 Å².